The molecule has 0 saturated heterocycles. The van der Waals surface area contributed by atoms with Crippen LogP contribution in [0.3, 0.4) is 0 Å². The summed E-state index contributed by atoms with van der Waals surface area (Å²) in [6.45, 7) is 6.64. The third kappa shape index (κ3) is 2.32. The quantitative estimate of drug-likeness (QED) is 0.630. The summed E-state index contributed by atoms with van der Waals surface area (Å²) in [4.78, 5) is 0. The van der Waals surface area contributed by atoms with E-state index in [2.05, 4.69) is 45.0 Å². The highest BCUT2D eigenvalue weighted by Gasteiger charge is 2.52. The Balaban J connectivity index is 2.19. The van der Waals surface area contributed by atoms with Gasteiger partial charge in [0.2, 0.25) is 0 Å². The number of halogens is 2. The Bertz CT molecular complexity index is 357. The molecule has 1 aromatic carbocycles. The molecule has 82 valence electrons. The monoisotopic (exact) mass is 242 g/mol. The first-order chi connectivity index (χ1) is 6.81. The molecule has 2 rings (SSSR count). The van der Waals surface area contributed by atoms with Crippen LogP contribution in [-0.2, 0) is 5.41 Å². The Labute approximate surface area is 102 Å². The largest absolute Gasteiger partial charge is 0.125 e. The highest BCUT2D eigenvalue weighted by molar-refractivity contribution is 6.51. The molecule has 0 nitrogen and oxygen atoms in total. The van der Waals surface area contributed by atoms with E-state index in [4.69, 9.17) is 23.2 Å². The van der Waals surface area contributed by atoms with E-state index in [1.807, 2.05) is 0 Å². The second kappa shape index (κ2) is 3.40. The van der Waals surface area contributed by atoms with Gasteiger partial charge in [-0.05, 0) is 23.0 Å². The molecule has 0 radical (unpaired) electrons. The van der Waals surface area contributed by atoms with Crippen LogP contribution in [0.4, 0.5) is 0 Å². The van der Waals surface area contributed by atoms with Gasteiger partial charge in [-0.25, -0.2) is 0 Å². The lowest BCUT2D eigenvalue weighted by atomic mass is 9.86. The van der Waals surface area contributed by atoms with Crippen molar-refractivity contribution in [3.8, 4) is 0 Å². The van der Waals surface area contributed by atoms with Gasteiger partial charge in [0.15, 0.2) is 0 Å². The Morgan fingerprint density at radius 1 is 1.13 bits per heavy atom. The average molecular weight is 243 g/mol. The number of hydrogen-bond donors (Lipinski definition) is 0. The fraction of sp³-hybridized carbons (Fsp3) is 0.538. The van der Waals surface area contributed by atoms with E-state index in [0.29, 0.717) is 5.92 Å². The Morgan fingerprint density at radius 3 is 1.93 bits per heavy atom. The number of benzene rings is 1. The summed E-state index contributed by atoms with van der Waals surface area (Å²) in [7, 11) is 0. The maximum Gasteiger partial charge on any atom is 0.125 e. The zero-order chi connectivity index (χ0) is 11.3. The molecule has 1 saturated carbocycles. The van der Waals surface area contributed by atoms with Crippen molar-refractivity contribution in [1.82, 2.24) is 0 Å². The van der Waals surface area contributed by atoms with Gasteiger partial charge in [-0.15, -0.1) is 23.2 Å². The lowest BCUT2D eigenvalue weighted by molar-refractivity contribution is 0.590. The Kier molecular flexibility index (Phi) is 2.56. The van der Waals surface area contributed by atoms with E-state index in [-0.39, 0.29) is 5.41 Å². The molecule has 0 bridgehead atoms. The Hall–Kier alpha value is -0.200. The van der Waals surface area contributed by atoms with Gasteiger partial charge in [0.25, 0.3) is 0 Å². The van der Waals surface area contributed by atoms with Crippen molar-refractivity contribution in [2.24, 2.45) is 0 Å². The third-order valence-electron chi connectivity index (χ3n) is 3.01. The third-order valence-corrected chi connectivity index (χ3v) is 3.84. The summed E-state index contributed by atoms with van der Waals surface area (Å²) in [6, 6.07) is 8.66. The Morgan fingerprint density at radius 2 is 1.60 bits per heavy atom. The van der Waals surface area contributed by atoms with E-state index >= 15 is 0 Å². The molecule has 0 spiro atoms. The zero-order valence-electron chi connectivity index (χ0n) is 9.35. The summed E-state index contributed by atoms with van der Waals surface area (Å²) in [6.07, 6.45) is 0.880. The highest BCUT2D eigenvalue weighted by Crippen LogP contribution is 2.59. The molecule has 0 aromatic heterocycles. The lowest BCUT2D eigenvalue weighted by Crippen LogP contribution is -2.10. The van der Waals surface area contributed by atoms with Gasteiger partial charge in [-0.3, -0.25) is 0 Å². The summed E-state index contributed by atoms with van der Waals surface area (Å²) < 4.78 is -0.511. The molecule has 1 atom stereocenters. The molecule has 0 amide bonds. The molecule has 15 heavy (non-hydrogen) atoms. The van der Waals surface area contributed by atoms with E-state index in [9.17, 15) is 0 Å². The first kappa shape index (κ1) is 11.3. The maximum atomic E-state index is 6.04. The summed E-state index contributed by atoms with van der Waals surface area (Å²) in [5.41, 5.74) is 2.82. The van der Waals surface area contributed by atoms with Crippen LogP contribution >= 0.6 is 23.2 Å². The standard InChI is InChI=1S/C13H16Cl2/c1-12(2,3)10-6-4-9(5-7-10)11-8-13(11,14)15/h4-7,11H,8H2,1-3H3. The second-order valence-electron chi connectivity index (χ2n) is 5.39. The van der Waals surface area contributed by atoms with Crippen LogP contribution in [0.1, 0.15) is 44.2 Å². The van der Waals surface area contributed by atoms with Gasteiger partial charge >= 0.3 is 0 Å². The normalized spacial score (nSPS) is 23.9. The minimum absolute atomic E-state index is 0.209. The number of hydrogen-bond acceptors (Lipinski definition) is 0. The van der Waals surface area contributed by atoms with Crippen LogP contribution in [0.5, 0.6) is 0 Å². The van der Waals surface area contributed by atoms with Gasteiger partial charge in [0, 0.05) is 5.92 Å². The molecular weight excluding hydrogens is 227 g/mol. The molecule has 1 fully saturated rings. The summed E-state index contributed by atoms with van der Waals surface area (Å²) >= 11 is 12.1. The van der Waals surface area contributed by atoms with Gasteiger partial charge < -0.3 is 0 Å². The average Bonchev–Trinajstić information content (AvgIpc) is 2.74. The molecule has 0 aliphatic heterocycles. The van der Waals surface area contributed by atoms with E-state index in [1.165, 1.54) is 11.1 Å². The van der Waals surface area contributed by atoms with Crippen LogP contribution in [-0.4, -0.2) is 4.33 Å². The van der Waals surface area contributed by atoms with E-state index < -0.39 is 4.33 Å². The van der Waals surface area contributed by atoms with Crippen molar-refractivity contribution >= 4 is 23.2 Å². The fourth-order valence-electron chi connectivity index (χ4n) is 1.79. The molecule has 2 heteroatoms. The van der Waals surface area contributed by atoms with Crippen molar-refractivity contribution in [2.75, 3.05) is 0 Å². The number of alkyl halides is 2. The van der Waals surface area contributed by atoms with Crippen molar-refractivity contribution in [3.63, 3.8) is 0 Å². The second-order valence-corrected chi connectivity index (χ2v) is 6.93. The number of rotatable bonds is 1. The van der Waals surface area contributed by atoms with E-state index in [0.717, 1.165) is 6.42 Å². The smallest absolute Gasteiger partial charge is 0.101 e. The molecule has 1 aliphatic carbocycles. The van der Waals surface area contributed by atoms with Crippen LogP contribution in [0, 0.1) is 0 Å². The van der Waals surface area contributed by atoms with Crippen LogP contribution in [0.2, 0.25) is 0 Å². The van der Waals surface area contributed by atoms with Crippen molar-refractivity contribution in [3.05, 3.63) is 35.4 Å². The topological polar surface area (TPSA) is 0 Å². The van der Waals surface area contributed by atoms with Gasteiger partial charge in [0.1, 0.15) is 4.33 Å². The molecule has 1 unspecified atom stereocenters. The highest BCUT2D eigenvalue weighted by atomic mass is 35.5. The summed E-state index contributed by atoms with van der Waals surface area (Å²) in [5, 5.41) is 0. The van der Waals surface area contributed by atoms with Gasteiger partial charge in [-0.1, -0.05) is 45.0 Å². The first-order valence-electron chi connectivity index (χ1n) is 5.29. The van der Waals surface area contributed by atoms with E-state index in [1.54, 1.807) is 0 Å². The van der Waals surface area contributed by atoms with Gasteiger partial charge in [-0.2, -0.15) is 0 Å². The molecule has 1 aromatic rings. The first-order valence-corrected chi connectivity index (χ1v) is 6.04. The molecule has 0 heterocycles. The van der Waals surface area contributed by atoms with Crippen molar-refractivity contribution in [1.29, 1.82) is 0 Å². The van der Waals surface area contributed by atoms with Crippen LogP contribution in [0.25, 0.3) is 0 Å². The zero-order valence-corrected chi connectivity index (χ0v) is 10.9. The van der Waals surface area contributed by atoms with Gasteiger partial charge in [0.05, 0.1) is 0 Å². The molecule has 1 aliphatic rings. The fourth-order valence-corrected chi connectivity index (χ4v) is 2.35. The molecular formula is C13H16Cl2. The van der Waals surface area contributed by atoms with Crippen molar-refractivity contribution in [2.45, 2.75) is 42.9 Å². The maximum absolute atomic E-state index is 6.04. The minimum atomic E-state index is -0.511. The summed E-state index contributed by atoms with van der Waals surface area (Å²) in [5.74, 6) is 0.329. The van der Waals surface area contributed by atoms with Crippen LogP contribution in [0.15, 0.2) is 24.3 Å². The minimum Gasteiger partial charge on any atom is -0.101 e. The van der Waals surface area contributed by atoms with Crippen LogP contribution < -0.4 is 0 Å². The predicted molar refractivity (Wildman–Crippen MR) is 66.9 cm³/mol. The SMILES string of the molecule is CC(C)(C)c1ccc(C2CC2(Cl)Cl)cc1. The lowest BCUT2D eigenvalue weighted by Gasteiger charge is -2.19. The van der Waals surface area contributed by atoms with Crippen molar-refractivity contribution < 1.29 is 0 Å². The predicted octanol–water partition coefficient (Wildman–Crippen LogP) is 4.65. The molecule has 0 N–H and O–H groups in total.